The number of nitrogens with zero attached hydrogens (tertiary/aromatic N) is 3. The Labute approximate surface area is 115 Å². The van der Waals surface area contributed by atoms with Gasteiger partial charge in [0.1, 0.15) is 12.1 Å². The third kappa shape index (κ3) is 2.32. The molecule has 2 heterocycles. The lowest BCUT2D eigenvalue weighted by Crippen LogP contribution is -2.40. The van der Waals surface area contributed by atoms with Crippen molar-refractivity contribution in [2.24, 2.45) is 0 Å². The molecule has 0 N–H and O–H groups in total. The molecule has 0 aromatic carbocycles. The lowest BCUT2D eigenvalue weighted by Gasteiger charge is -2.24. The summed E-state index contributed by atoms with van der Waals surface area (Å²) in [5, 5.41) is 9.77. The minimum Gasteiger partial charge on any atom is -0.462 e. The molecule has 2 aliphatic rings. The van der Waals surface area contributed by atoms with Gasteiger partial charge in [-0.15, -0.1) is 0 Å². The highest BCUT2D eigenvalue weighted by molar-refractivity contribution is 5.79. The molecule has 0 aromatic rings. The fourth-order valence-electron chi connectivity index (χ4n) is 2.19. The smallest absolute Gasteiger partial charge is 0.370 e. The van der Waals surface area contributed by atoms with Gasteiger partial charge in [0.15, 0.2) is 0 Å². The second kappa shape index (κ2) is 5.46. The van der Waals surface area contributed by atoms with Crippen LogP contribution in [0.1, 0.15) is 13.8 Å². The van der Waals surface area contributed by atoms with E-state index in [0.717, 1.165) is 10.6 Å². The molecular weight excluding hydrogens is 269 g/mol. The number of urea groups is 1. The van der Waals surface area contributed by atoms with Crippen LogP contribution < -0.4 is 0 Å². The maximum Gasteiger partial charge on any atom is 0.370 e. The van der Waals surface area contributed by atoms with E-state index in [1.807, 2.05) is 6.07 Å². The number of amides is 2. The van der Waals surface area contributed by atoms with Crippen molar-refractivity contribution in [3.05, 3.63) is 11.6 Å². The number of hydroxylamine groups is 2. The molecule has 0 aromatic heterocycles. The van der Waals surface area contributed by atoms with Crippen LogP contribution in [0.3, 0.4) is 0 Å². The van der Waals surface area contributed by atoms with Gasteiger partial charge in [-0.3, -0.25) is 0 Å². The molecule has 2 rings (SSSR count). The van der Waals surface area contributed by atoms with E-state index in [1.54, 1.807) is 13.0 Å². The summed E-state index contributed by atoms with van der Waals surface area (Å²) < 4.78 is 18.1. The number of rotatable bonds is 4. The first-order chi connectivity index (χ1) is 9.49. The Morgan fingerprint density at radius 2 is 2.40 bits per heavy atom. The van der Waals surface area contributed by atoms with E-state index in [-0.39, 0.29) is 13.2 Å². The highest BCUT2D eigenvalue weighted by atomic mass is 19.1. The largest absolute Gasteiger partial charge is 0.462 e. The average Bonchev–Trinajstić information content (AvgIpc) is 2.70. The van der Waals surface area contributed by atoms with E-state index in [9.17, 15) is 14.0 Å². The van der Waals surface area contributed by atoms with Crippen molar-refractivity contribution in [2.45, 2.75) is 32.3 Å². The van der Waals surface area contributed by atoms with Crippen LogP contribution in [0.2, 0.25) is 0 Å². The van der Waals surface area contributed by atoms with Crippen molar-refractivity contribution < 1.29 is 23.6 Å². The van der Waals surface area contributed by atoms with Crippen LogP contribution in [0, 0.1) is 11.3 Å². The van der Waals surface area contributed by atoms with Gasteiger partial charge >= 0.3 is 18.4 Å². The Morgan fingerprint density at radius 3 is 3.00 bits per heavy atom. The molecule has 0 spiro atoms. The Hall–Kier alpha value is -2.14. The fourth-order valence-corrected chi connectivity index (χ4v) is 2.19. The maximum atomic E-state index is 13.6. The average molecular weight is 283 g/mol. The Kier molecular flexibility index (Phi) is 3.90. The molecule has 0 saturated carbocycles. The van der Waals surface area contributed by atoms with Gasteiger partial charge in [0.2, 0.25) is 0 Å². The number of esters is 1. The van der Waals surface area contributed by atoms with Gasteiger partial charge in [-0.2, -0.15) is 10.3 Å². The summed E-state index contributed by atoms with van der Waals surface area (Å²) >= 11 is 0. The van der Waals surface area contributed by atoms with E-state index in [4.69, 9.17) is 10.1 Å². The third-order valence-corrected chi connectivity index (χ3v) is 3.18. The van der Waals surface area contributed by atoms with Gasteiger partial charge in [0.25, 0.3) is 0 Å². The van der Waals surface area contributed by atoms with Crippen LogP contribution in [0.25, 0.3) is 0 Å². The van der Waals surface area contributed by atoms with Crippen LogP contribution in [0.5, 0.6) is 0 Å². The van der Waals surface area contributed by atoms with Crippen molar-refractivity contribution in [1.29, 1.82) is 5.26 Å². The Morgan fingerprint density at radius 1 is 1.70 bits per heavy atom. The molecule has 1 unspecified atom stereocenters. The van der Waals surface area contributed by atoms with Crippen LogP contribution in [0.4, 0.5) is 9.18 Å². The van der Waals surface area contributed by atoms with Crippen LogP contribution in [-0.2, 0) is 14.4 Å². The minimum absolute atomic E-state index is 0.0154. The summed E-state index contributed by atoms with van der Waals surface area (Å²) in [5.41, 5.74) is 0.717. The fraction of sp³-hybridized carbons (Fsp3) is 0.583. The van der Waals surface area contributed by atoms with Gasteiger partial charge in [-0.25, -0.2) is 18.8 Å². The van der Waals surface area contributed by atoms with Crippen molar-refractivity contribution in [1.82, 2.24) is 9.96 Å². The number of carbonyl (C=O) groups excluding carboxylic acids is 2. The van der Waals surface area contributed by atoms with Crippen molar-refractivity contribution in [2.75, 3.05) is 13.2 Å². The zero-order valence-electron chi connectivity index (χ0n) is 11.1. The van der Waals surface area contributed by atoms with E-state index >= 15 is 0 Å². The molecule has 1 saturated heterocycles. The predicted octanol–water partition coefficient (Wildman–Crippen LogP) is 0.735. The Bertz CT molecular complexity index is 501. The zero-order chi connectivity index (χ0) is 14.9. The lowest BCUT2D eigenvalue weighted by molar-refractivity contribution is -0.223. The molecule has 2 amide bonds. The van der Waals surface area contributed by atoms with Crippen molar-refractivity contribution >= 4 is 12.0 Å². The van der Waals surface area contributed by atoms with Crippen molar-refractivity contribution in [3.63, 3.8) is 0 Å². The molecule has 2 aliphatic heterocycles. The van der Waals surface area contributed by atoms with Crippen molar-refractivity contribution in [3.8, 4) is 6.07 Å². The predicted molar refractivity (Wildman–Crippen MR) is 63.5 cm³/mol. The number of carbonyl (C=O) groups is 2. The summed E-state index contributed by atoms with van der Waals surface area (Å²) in [5.74, 6) is -1.18. The minimum atomic E-state index is -2.37. The van der Waals surface area contributed by atoms with E-state index < -0.39 is 30.4 Å². The molecule has 8 heteroatoms. The third-order valence-electron chi connectivity index (χ3n) is 3.18. The molecule has 108 valence electrons. The summed E-state index contributed by atoms with van der Waals surface area (Å²) in [7, 11) is 0. The van der Waals surface area contributed by atoms with E-state index in [0.29, 0.717) is 0 Å². The van der Waals surface area contributed by atoms with E-state index in [1.165, 1.54) is 11.8 Å². The summed E-state index contributed by atoms with van der Waals surface area (Å²) in [6.45, 7) is 3.50. The second-order valence-electron chi connectivity index (χ2n) is 4.43. The normalized spacial score (nSPS) is 26.1. The van der Waals surface area contributed by atoms with Crippen LogP contribution >= 0.6 is 0 Å². The molecule has 0 aliphatic carbocycles. The highest BCUT2D eigenvalue weighted by Gasteiger charge is 2.47. The SMILES string of the molecule is CCOC(=O)[C@@H](F)ON1C(=O)N2CC1C(C)=C[C@H]2C#N. The van der Waals surface area contributed by atoms with Gasteiger partial charge < -0.3 is 9.64 Å². The molecule has 1 fully saturated rings. The van der Waals surface area contributed by atoms with Gasteiger partial charge in [-0.05, 0) is 25.5 Å². The molecule has 7 nitrogen and oxygen atoms in total. The summed E-state index contributed by atoms with van der Waals surface area (Å²) in [6.07, 6.45) is -0.750. The molecule has 2 bridgehead atoms. The molecule has 20 heavy (non-hydrogen) atoms. The first-order valence-electron chi connectivity index (χ1n) is 6.14. The number of hydrogen-bond donors (Lipinski definition) is 0. The Balaban J connectivity index is 2.11. The van der Waals surface area contributed by atoms with Gasteiger partial charge in [0.05, 0.1) is 19.2 Å². The van der Waals surface area contributed by atoms with Gasteiger partial charge in [0, 0.05) is 0 Å². The summed E-state index contributed by atoms with van der Waals surface area (Å²) in [6, 6.07) is 0.132. The second-order valence-corrected chi connectivity index (χ2v) is 4.43. The highest BCUT2D eigenvalue weighted by Crippen LogP contribution is 2.30. The first-order valence-corrected chi connectivity index (χ1v) is 6.14. The number of halogens is 1. The van der Waals surface area contributed by atoms with E-state index in [2.05, 4.69) is 4.74 Å². The number of hydrogen-bond acceptors (Lipinski definition) is 5. The molecular formula is C12H14FN3O4. The van der Waals surface area contributed by atoms with Gasteiger partial charge in [-0.1, -0.05) is 0 Å². The standard InChI is InChI=1S/C12H14FN3O4/c1-3-19-11(17)10(13)20-16-9-6-15(12(16)18)8(5-14)4-7(9)2/h4,8-10H,3,6H2,1-2H3/t8-,9?,10-/m0/s1. The number of alkyl halides is 1. The monoisotopic (exact) mass is 283 g/mol. The molecule has 3 atom stereocenters. The number of ether oxygens (including phenoxy) is 1. The van der Waals surface area contributed by atoms with Crippen LogP contribution in [-0.4, -0.2) is 53.6 Å². The quantitative estimate of drug-likeness (QED) is 0.561. The summed E-state index contributed by atoms with van der Waals surface area (Å²) in [4.78, 5) is 29.3. The molecule has 0 radical (unpaired) electrons. The first kappa shape index (κ1) is 14.3. The zero-order valence-corrected chi connectivity index (χ0v) is 11.1. The van der Waals surface area contributed by atoms with Crippen LogP contribution in [0.15, 0.2) is 11.6 Å². The number of fused-ring (bicyclic) bond motifs is 2. The lowest BCUT2D eigenvalue weighted by atomic mass is 10.0. The maximum absolute atomic E-state index is 13.6. The topological polar surface area (TPSA) is 82.9 Å². The number of nitriles is 1.